The molecule has 2 aliphatic rings. The zero-order valence-electron chi connectivity index (χ0n) is 12.4. The van der Waals surface area contributed by atoms with Crippen LogP contribution in [-0.2, 0) is 11.3 Å². The van der Waals surface area contributed by atoms with Crippen molar-refractivity contribution in [1.29, 1.82) is 0 Å². The highest BCUT2D eigenvalue weighted by Crippen LogP contribution is 2.30. The average Bonchev–Trinajstić information content (AvgIpc) is 3.00. The zero-order valence-corrected chi connectivity index (χ0v) is 12.4. The molecule has 1 unspecified atom stereocenters. The fourth-order valence-electron chi connectivity index (χ4n) is 3.39. The summed E-state index contributed by atoms with van der Waals surface area (Å²) in [4.78, 5) is 13.5. The molecule has 1 saturated heterocycles. The topological polar surface area (TPSA) is 40.5 Å². The van der Waals surface area contributed by atoms with E-state index in [2.05, 4.69) is 35.2 Å². The Kier molecular flexibility index (Phi) is 4.39. The van der Waals surface area contributed by atoms with Gasteiger partial charge < -0.3 is 5.11 Å². The van der Waals surface area contributed by atoms with Gasteiger partial charge in [0.05, 0.1) is 5.92 Å². The van der Waals surface area contributed by atoms with Gasteiger partial charge in [-0.3, -0.25) is 9.69 Å². The summed E-state index contributed by atoms with van der Waals surface area (Å²) in [5.74, 6) is -0.852. The van der Waals surface area contributed by atoms with Gasteiger partial charge in [-0.05, 0) is 61.9 Å². The van der Waals surface area contributed by atoms with Crippen LogP contribution in [0.1, 0.15) is 43.2 Å². The monoisotopic (exact) mass is 285 g/mol. The molecule has 3 nitrogen and oxygen atoms in total. The van der Waals surface area contributed by atoms with Crippen molar-refractivity contribution >= 4 is 11.5 Å². The van der Waals surface area contributed by atoms with E-state index in [-0.39, 0.29) is 5.92 Å². The number of nitrogens with zero attached hydrogens (tertiary/aromatic N) is 1. The minimum Gasteiger partial charge on any atom is -0.481 e. The first-order valence-electron chi connectivity index (χ1n) is 7.96. The minimum atomic E-state index is -0.659. The summed E-state index contributed by atoms with van der Waals surface area (Å²) in [6, 6.07) is 8.77. The van der Waals surface area contributed by atoms with Crippen molar-refractivity contribution in [2.24, 2.45) is 5.92 Å². The molecule has 21 heavy (non-hydrogen) atoms. The molecule has 0 amide bonds. The quantitative estimate of drug-likeness (QED) is 0.919. The Balaban J connectivity index is 1.69. The van der Waals surface area contributed by atoms with Gasteiger partial charge in [-0.25, -0.2) is 0 Å². The second-order valence-corrected chi connectivity index (χ2v) is 6.22. The molecule has 1 aliphatic heterocycles. The maximum absolute atomic E-state index is 11.0. The van der Waals surface area contributed by atoms with Crippen LogP contribution in [0.15, 0.2) is 30.3 Å². The van der Waals surface area contributed by atoms with Gasteiger partial charge in [0.2, 0.25) is 0 Å². The van der Waals surface area contributed by atoms with Crippen LogP contribution in [0.5, 0.6) is 0 Å². The number of likely N-dealkylation sites (tertiary alicyclic amines) is 1. The minimum absolute atomic E-state index is 0.193. The van der Waals surface area contributed by atoms with Crippen LogP contribution in [-0.4, -0.2) is 29.1 Å². The molecule has 0 saturated carbocycles. The Morgan fingerprint density at radius 2 is 2.10 bits per heavy atom. The van der Waals surface area contributed by atoms with E-state index in [1.807, 2.05) is 0 Å². The molecule has 1 N–H and O–H groups in total. The summed E-state index contributed by atoms with van der Waals surface area (Å²) < 4.78 is 0. The van der Waals surface area contributed by atoms with E-state index in [1.165, 1.54) is 42.6 Å². The molecule has 1 atom stereocenters. The number of hydrogen-bond acceptors (Lipinski definition) is 2. The van der Waals surface area contributed by atoms with Gasteiger partial charge in [-0.1, -0.05) is 30.3 Å². The molecule has 112 valence electrons. The highest BCUT2D eigenvalue weighted by atomic mass is 16.4. The smallest absolute Gasteiger partial charge is 0.306 e. The second-order valence-electron chi connectivity index (χ2n) is 6.22. The fourth-order valence-corrected chi connectivity index (χ4v) is 3.39. The van der Waals surface area contributed by atoms with Crippen LogP contribution in [0.25, 0.3) is 5.57 Å². The van der Waals surface area contributed by atoms with Crippen LogP contribution < -0.4 is 0 Å². The van der Waals surface area contributed by atoms with E-state index in [1.54, 1.807) is 0 Å². The number of carboxylic acids is 1. The number of hydrogen-bond donors (Lipinski definition) is 1. The molecular formula is C18H23NO2. The normalized spacial score (nSPS) is 23.0. The van der Waals surface area contributed by atoms with Crippen molar-refractivity contribution in [2.75, 3.05) is 13.1 Å². The van der Waals surface area contributed by atoms with Gasteiger partial charge in [0.15, 0.2) is 0 Å². The number of rotatable bonds is 4. The lowest BCUT2D eigenvalue weighted by Crippen LogP contribution is -2.18. The van der Waals surface area contributed by atoms with Crippen molar-refractivity contribution < 1.29 is 9.90 Å². The van der Waals surface area contributed by atoms with Gasteiger partial charge >= 0.3 is 5.97 Å². The molecule has 1 aromatic rings. The first-order valence-corrected chi connectivity index (χ1v) is 7.96. The number of carbonyl (C=O) groups is 1. The van der Waals surface area contributed by atoms with Gasteiger partial charge in [0.1, 0.15) is 0 Å². The molecule has 1 fully saturated rings. The van der Waals surface area contributed by atoms with E-state index >= 15 is 0 Å². The lowest BCUT2D eigenvalue weighted by molar-refractivity contribution is -0.141. The van der Waals surface area contributed by atoms with E-state index in [0.29, 0.717) is 6.42 Å². The van der Waals surface area contributed by atoms with E-state index in [4.69, 9.17) is 5.11 Å². The van der Waals surface area contributed by atoms with Crippen LogP contribution in [0.3, 0.4) is 0 Å². The predicted molar refractivity (Wildman–Crippen MR) is 83.9 cm³/mol. The van der Waals surface area contributed by atoms with Crippen LogP contribution in [0, 0.1) is 5.92 Å². The summed E-state index contributed by atoms with van der Waals surface area (Å²) in [6.45, 7) is 3.47. The fraction of sp³-hybridized carbons (Fsp3) is 0.500. The largest absolute Gasteiger partial charge is 0.481 e. The Labute approximate surface area is 126 Å². The highest BCUT2D eigenvalue weighted by Gasteiger charge is 2.21. The van der Waals surface area contributed by atoms with Crippen LogP contribution in [0.2, 0.25) is 0 Å². The Morgan fingerprint density at radius 3 is 2.76 bits per heavy atom. The van der Waals surface area contributed by atoms with Gasteiger partial charge in [-0.2, -0.15) is 0 Å². The average molecular weight is 285 g/mol. The molecule has 0 radical (unpaired) electrons. The van der Waals surface area contributed by atoms with Gasteiger partial charge in [0, 0.05) is 6.54 Å². The maximum atomic E-state index is 11.0. The molecule has 1 aliphatic carbocycles. The SMILES string of the molecule is O=C(O)C1CC=C(c2cccc(CN3CCCC3)c2)CC1. The first kappa shape index (κ1) is 14.3. The Hall–Kier alpha value is -1.61. The molecule has 3 rings (SSSR count). The highest BCUT2D eigenvalue weighted by molar-refractivity contribution is 5.74. The number of benzene rings is 1. The van der Waals surface area contributed by atoms with Crippen molar-refractivity contribution in [2.45, 2.75) is 38.6 Å². The summed E-state index contributed by atoms with van der Waals surface area (Å²) in [5.41, 5.74) is 3.96. The summed E-state index contributed by atoms with van der Waals surface area (Å²) in [6.07, 6.45) is 7.07. The van der Waals surface area contributed by atoms with Crippen LogP contribution >= 0.6 is 0 Å². The number of aliphatic carboxylic acids is 1. The molecule has 0 aromatic heterocycles. The van der Waals surface area contributed by atoms with Crippen LogP contribution in [0.4, 0.5) is 0 Å². The third-order valence-corrected chi connectivity index (χ3v) is 4.66. The molecule has 3 heteroatoms. The van der Waals surface area contributed by atoms with Gasteiger partial charge in [-0.15, -0.1) is 0 Å². The van der Waals surface area contributed by atoms with Crippen molar-refractivity contribution in [3.63, 3.8) is 0 Å². The molecule has 0 spiro atoms. The lowest BCUT2D eigenvalue weighted by atomic mass is 9.86. The molecule has 1 aromatic carbocycles. The third kappa shape index (κ3) is 3.53. The summed E-state index contributed by atoms with van der Waals surface area (Å²) in [5, 5.41) is 9.06. The van der Waals surface area contributed by atoms with Crippen molar-refractivity contribution in [1.82, 2.24) is 4.90 Å². The maximum Gasteiger partial charge on any atom is 0.306 e. The lowest BCUT2D eigenvalue weighted by Gasteiger charge is -2.20. The summed E-state index contributed by atoms with van der Waals surface area (Å²) in [7, 11) is 0. The van der Waals surface area contributed by atoms with E-state index < -0.39 is 5.97 Å². The number of carboxylic acid groups (broad SMARTS) is 1. The van der Waals surface area contributed by atoms with Crippen molar-refractivity contribution in [3.8, 4) is 0 Å². The first-order chi connectivity index (χ1) is 10.2. The van der Waals surface area contributed by atoms with Crippen molar-refractivity contribution in [3.05, 3.63) is 41.5 Å². The molecular weight excluding hydrogens is 262 g/mol. The standard InChI is InChI=1S/C18H23NO2/c20-18(21)16-8-6-15(7-9-16)17-5-3-4-14(12-17)13-19-10-1-2-11-19/h3-6,12,16H,1-2,7-11,13H2,(H,20,21). The number of allylic oxidation sites excluding steroid dienone is 2. The summed E-state index contributed by atoms with van der Waals surface area (Å²) >= 11 is 0. The predicted octanol–water partition coefficient (Wildman–Crippen LogP) is 3.55. The second kappa shape index (κ2) is 6.44. The Morgan fingerprint density at radius 1 is 1.29 bits per heavy atom. The molecule has 1 heterocycles. The van der Waals surface area contributed by atoms with Gasteiger partial charge in [0.25, 0.3) is 0 Å². The van der Waals surface area contributed by atoms with E-state index in [9.17, 15) is 4.79 Å². The third-order valence-electron chi connectivity index (χ3n) is 4.66. The van der Waals surface area contributed by atoms with E-state index in [0.717, 1.165) is 19.4 Å². The Bertz CT molecular complexity index is 544. The molecule has 0 bridgehead atoms. The zero-order chi connectivity index (χ0) is 14.7.